The van der Waals surface area contributed by atoms with Crippen LogP contribution in [-0.2, 0) is 14.3 Å². The Morgan fingerprint density at radius 2 is 2.41 bits per heavy atom. The van der Waals surface area contributed by atoms with Crippen LogP contribution in [0.2, 0.25) is 0 Å². The van der Waals surface area contributed by atoms with Gasteiger partial charge in [-0.05, 0) is 37.2 Å². The molecule has 0 aromatic rings. The van der Waals surface area contributed by atoms with Gasteiger partial charge in [0.1, 0.15) is 6.04 Å². The summed E-state index contributed by atoms with van der Waals surface area (Å²) < 4.78 is 5.49. The minimum Gasteiger partial charge on any atom is -0.480 e. The van der Waals surface area contributed by atoms with Gasteiger partial charge in [0, 0.05) is 6.61 Å². The van der Waals surface area contributed by atoms with Crippen molar-refractivity contribution in [1.29, 1.82) is 0 Å². The Balaban J connectivity index is 2.01. The summed E-state index contributed by atoms with van der Waals surface area (Å²) in [5.41, 5.74) is 0. The van der Waals surface area contributed by atoms with Crippen molar-refractivity contribution in [2.75, 3.05) is 18.1 Å². The van der Waals surface area contributed by atoms with Crippen molar-refractivity contribution in [3.05, 3.63) is 0 Å². The van der Waals surface area contributed by atoms with Crippen LogP contribution in [-0.4, -0.2) is 47.7 Å². The number of carboxylic acids is 1. The van der Waals surface area contributed by atoms with Crippen LogP contribution in [0.5, 0.6) is 0 Å². The predicted octanol–water partition coefficient (Wildman–Crippen LogP) is 0.878. The number of thioether (sulfide) groups is 1. The maximum atomic E-state index is 10.7. The number of hydrogen-bond acceptors (Lipinski definition) is 4. The molecule has 1 heterocycles. The smallest absolute Gasteiger partial charge is 0.326 e. The summed E-state index contributed by atoms with van der Waals surface area (Å²) in [5.74, 6) is 0.750. The number of carbonyl (C=O) groups excluding carboxylic acids is 1. The fourth-order valence-corrected chi connectivity index (χ4v) is 2.79. The number of hydrogen-bond donors (Lipinski definition) is 2. The van der Waals surface area contributed by atoms with Gasteiger partial charge in [0.2, 0.25) is 6.41 Å². The fourth-order valence-electron chi connectivity index (χ4n) is 1.75. The van der Waals surface area contributed by atoms with E-state index in [-0.39, 0.29) is 0 Å². The van der Waals surface area contributed by atoms with Crippen LogP contribution in [0, 0.1) is 0 Å². The standard InChI is InChI=1S/C11H19NO4S/c13-8-12-10(11(14)15)4-7-17-6-3-9-2-1-5-16-9/h8-10H,1-7H2,(H,12,13)(H,14,15). The minimum absolute atomic E-state index is 0.394. The van der Waals surface area contributed by atoms with Crippen molar-refractivity contribution in [3.63, 3.8) is 0 Å². The van der Waals surface area contributed by atoms with E-state index in [4.69, 9.17) is 9.84 Å². The third-order valence-corrected chi connectivity index (χ3v) is 3.78. The Morgan fingerprint density at radius 3 is 3.00 bits per heavy atom. The number of rotatable bonds is 9. The van der Waals surface area contributed by atoms with Crippen LogP contribution >= 0.6 is 11.8 Å². The summed E-state index contributed by atoms with van der Waals surface area (Å²) in [6.07, 6.45) is 4.62. The zero-order valence-electron chi connectivity index (χ0n) is 9.76. The molecular weight excluding hydrogens is 242 g/mol. The lowest BCUT2D eigenvalue weighted by Gasteiger charge is -2.11. The first kappa shape index (κ1) is 14.3. The molecule has 0 spiro atoms. The summed E-state index contributed by atoms with van der Waals surface area (Å²) in [4.78, 5) is 20.9. The first-order valence-corrected chi connectivity index (χ1v) is 7.01. The van der Waals surface area contributed by atoms with E-state index in [1.807, 2.05) is 0 Å². The van der Waals surface area contributed by atoms with Gasteiger partial charge in [0.05, 0.1) is 6.10 Å². The van der Waals surface area contributed by atoms with E-state index in [9.17, 15) is 9.59 Å². The maximum absolute atomic E-state index is 10.7. The molecule has 0 aromatic carbocycles. The molecule has 2 atom stereocenters. The first-order chi connectivity index (χ1) is 8.24. The summed E-state index contributed by atoms with van der Waals surface area (Å²) in [7, 11) is 0. The van der Waals surface area contributed by atoms with Crippen LogP contribution in [0.1, 0.15) is 25.7 Å². The second-order valence-electron chi connectivity index (χ2n) is 4.00. The summed E-state index contributed by atoms with van der Waals surface area (Å²) in [6, 6.07) is -0.761. The first-order valence-electron chi connectivity index (χ1n) is 5.86. The van der Waals surface area contributed by atoms with Gasteiger partial charge in [-0.1, -0.05) is 0 Å². The molecule has 1 rings (SSSR count). The van der Waals surface area contributed by atoms with Crippen molar-refractivity contribution in [2.24, 2.45) is 0 Å². The highest BCUT2D eigenvalue weighted by Crippen LogP contribution is 2.18. The minimum atomic E-state index is -0.975. The molecule has 0 radical (unpaired) electrons. The molecule has 1 aliphatic heterocycles. The highest BCUT2D eigenvalue weighted by Gasteiger charge is 2.17. The Hall–Kier alpha value is -0.750. The predicted molar refractivity (Wildman–Crippen MR) is 66.2 cm³/mol. The molecule has 0 aliphatic carbocycles. The van der Waals surface area contributed by atoms with E-state index in [1.54, 1.807) is 11.8 Å². The zero-order valence-corrected chi connectivity index (χ0v) is 10.6. The van der Waals surface area contributed by atoms with Crippen LogP contribution < -0.4 is 5.32 Å². The molecule has 17 heavy (non-hydrogen) atoms. The van der Waals surface area contributed by atoms with E-state index in [2.05, 4.69) is 5.32 Å². The van der Waals surface area contributed by atoms with Crippen LogP contribution in [0.25, 0.3) is 0 Å². The molecule has 1 saturated heterocycles. The monoisotopic (exact) mass is 261 g/mol. The number of carboxylic acid groups (broad SMARTS) is 1. The molecule has 0 bridgehead atoms. The largest absolute Gasteiger partial charge is 0.480 e. The van der Waals surface area contributed by atoms with Crippen molar-refractivity contribution in [3.8, 4) is 0 Å². The van der Waals surface area contributed by atoms with Gasteiger partial charge in [-0.2, -0.15) is 11.8 Å². The molecule has 2 unspecified atom stereocenters. The van der Waals surface area contributed by atoms with Gasteiger partial charge in [0.15, 0.2) is 0 Å². The maximum Gasteiger partial charge on any atom is 0.326 e. The zero-order chi connectivity index (χ0) is 12.5. The Morgan fingerprint density at radius 1 is 1.59 bits per heavy atom. The Bertz CT molecular complexity index is 244. The number of carbonyl (C=O) groups is 2. The Labute approximate surface area is 105 Å². The molecule has 0 saturated carbocycles. The van der Waals surface area contributed by atoms with Gasteiger partial charge >= 0.3 is 5.97 Å². The quantitative estimate of drug-likeness (QED) is 0.476. The third-order valence-electron chi connectivity index (χ3n) is 2.73. The molecule has 1 amide bonds. The van der Waals surface area contributed by atoms with E-state index < -0.39 is 12.0 Å². The fraction of sp³-hybridized carbons (Fsp3) is 0.818. The van der Waals surface area contributed by atoms with E-state index in [1.165, 1.54) is 0 Å². The van der Waals surface area contributed by atoms with Crippen LogP contribution in [0.15, 0.2) is 0 Å². The van der Waals surface area contributed by atoms with Crippen molar-refractivity contribution in [2.45, 2.75) is 37.8 Å². The van der Waals surface area contributed by atoms with Crippen molar-refractivity contribution < 1.29 is 19.4 Å². The average Bonchev–Trinajstić information content (AvgIpc) is 2.80. The summed E-state index contributed by atoms with van der Waals surface area (Å²) in [6.45, 7) is 0.875. The number of amides is 1. The Kier molecular flexibility index (Phi) is 7.04. The molecule has 0 aromatic heterocycles. The second-order valence-corrected chi connectivity index (χ2v) is 5.22. The number of nitrogens with one attached hydrogen (secondary N) is 1. The van der Waals surface area contributed by atoms with Gasteiger partial charge in [-0.3, -0.25) is 4.79 Å². The highest BCUT2D eigenvalue weighted by molar-refractivity contribution is 7.99. The normalized spacial score (nSPS) is 21.1. The average molecular weight is 261 g/mol. The van der Waals surface area contributed by atoms with Crippen LogP contribution in [0.4, 0.5) is 0 Å². The van der Waals surface area contributed by atoms with Gasteiger partial charge in [0.25, 0.3) is 0 Å². The lowest BCUT2D eigenvalue weighted by molar-refractivity contribution is -0.140. The molecule has 1 aliphatic rings. The molecule has 5 nitrogen and oxygen atoms in total. The summed E-state index contributed by atoms with van der Waals surface area (Å²) in [5, 5.41) is 11.1. The lowest BCUT2D eigenvalue weighted by Crippen LogP contribution is -2.36. The van der Waals surface area contributed by atoms with Crippen LogP contribution in [0.3, 0.4) is 0 Å². The van der Waals surface area contributed by atoms with E-state index >= 15 is 0 Å². The van der Waals surface area contributed by atoms with Gasteiger partial charge in [-0.15, -0.1) is 0 Å². The van der Waals surface area contributed by atoms with Gasteiger partial charge in [-0.25, -0.2) is 4.79 Å². The van der Waals surface area contributed by atoms with E-state index in [0.29, 0.717) is 18.9 Å². The molecule has 98 valence electrons. The molecule has 1 fully saturated rings. The highest BCUT2D eigenvalue weighted by atomic mass is 32.2. The second kappa shape index (κ2) is 8.36. The van der Waals surface area contributed by atoms with E-state index in [0.717, 1.165) is 37.4 Å². The summed E-state index contributed by atoms with van der Waals surface area (Å²) >= 11 is 1.71. The van der Waals surface area contributed by atoms with Crippen molar-refractivity contribution in [1.82, 2.24) is 5.32 Å². The molecule has 6 heteroatoms. The SMILES string of the molecule is O=CNC(CCSCCC1CCCO1)C(=O)O. The topological polar surface area (TPSA) is 75.6 Å². The number of ether oxygens (including phenoxy) is 1. The molecular formula is C11H19NO4S. The molecule has 2 N–H and O–H groups in total. The third kappa shape index (κ3) is 5.93. The lowest BCUT2D eigenvalue weighted by atomic mass is 10.2. The number of aliphatic carboxylic acids is 1. The van der Waals surface area contributed by atoms with Gasteiger partial charge < -0.3 is 15.2 Å². The van der Waals surface area contributed by atoms with Crippen molar-refractivity contribution >= 4 is 24.1 Å².